The van der Waals surface area contributed by atoms with Gasteiger partial charge in [0.15, 0.2) is 0 Å². The molecule has 210 valence electrons. The molecule has 0 spiro atoms. The first-order valence-electron chi connectivity index (χ1n) is 14.1. The average molecular weight is 533 g/mol. The second-order valence-electron chi connectivity index (χ2n) is 11.3. The summed E-state index contributed by atoms with van der Waals surface area (Å²) in [5, 5.41) is 7.59. The summed E-state index contributed by atoms with van der Waals surface area (Å²) in [6, 6.07) is 7.19. The lowest BCUT2D eigenvalue weighted by Crippen LogP contribution is -2.42. The van der Waals surface area contributed by atoms with E-state index in [9.17, 15) is 9.59 Å². The molecule has 1 aliphatic carbocycles. The second kappa shape index (κ2) is 11.8. The number of hydrogen-bond donors (Lipinski definition) is 2. The summed E-state index contributed by atoms with van der Waals surface area (Å²) in [4.78, 5) is 33.9. The van der Waals surface area contributed by atoms with Gasteiger partial charge in [-0.15, -0.1) is 0 Å². The third kappa shape index (κ3) is 6.11. The first-order chi connectivity index (χ1) is 18.5. The molecular formula is C31H44N6O2. The van der Waals surface area contributed by atoms with Crippen molar-refractivity contribution in [3.05, 3.63) is 68.4 Å². The van der Waals surface area contributed by atoms with Crippen LogP contribution in [0.5, 0.6) is 0 Å². The Kier molecular flexibility index (Phi) is 8.64. The van der Waals surface area contributed by atoms with Gasteiger partial charge < -0.3 is 20.1 Å². The molecule has 39 heavy (non-hydrogen) atoms. The van der Waals surface area contributed by atoms with E-state index in [1.54, 1.807) is 0 Å². The Labute approximate surface area is 232 Å². The average Bonchev–Trinajstić information content (AvgIpc) is 3.22. The van der Waals surface area contributed by atoms with Crippen LogP contribution in [-0.2, 0) is 13.6 Å². The highest BCUT2D eigenvalue weighted by molar-refractivity contribution is 5.99. The molecule has 0 aliphatic heterocycles. The van der Waals surface area contributed by atoms with E-state index in [0.717, 1.165) is 58.7 Å². The minimum absolute atomic E-state index is 0.157. The number of carbonyl (C=O) groups excluding carboxylic acids is 1. The normalized spacial score (nSPS) is 17.5. The van der Waals surface area contributed by atoms with Gasteiger partial charge in [0.25, 0.3) is 11.5 Å². The molecule has 1 aromatic carbocycles. The summed E-state index contributed by atoms with van der Waals surface area (Å²) in [6.07, 6.45) is 6.62. The van der Waals surface area contributed by atoms with Gasteiger partial charge in [-0.1, -0.05) is 0 Å². The van der Waals surface area contributed by atoms with Crippen LogP contribution >= 0.6 is 0 Å². The van der Waals surface area contributed by atoms with Gasteiger partial charge in [0.2, 0.25) is 0 Å². The summed E-state index contributed by atoms with van der Waals surface area (Å²) < 4.78 is 1.82. The van der Waals surface area contributed by atoms with E-state index in [-0.39, 0.29) is 18.0 Å². The molecule has 8 heteroatoms. The Morgan fingerprint density at radius 3 is 2.31 bits per heavy atom. The fourth-order valence-electron chi connectivity index (χ4n) is 6.15. The number of H-pyrrole nitrogens is 1. The van der Waals surface area contributed by atoms with Crippen LogP contribution in [0.4, 0.5) is 5.69 Å². The smallest absolute Gasteiger partial charge is 0.253 e. The van der Waals surface area contributed by atoms with E-state index < -0.39 is 0 Å². The number of hydrogen-bond acceptors (Lipinski definition) is 5. The van der Waals surface area contributed by atoms with E-state index in [2.05, 4.69) is 52.3 Å². The Balaban J connectivity index is 1.71. The number of rotatable bonds is 8. The second-order valence-corrected chi connectivity index (χ2v) is 11.3. The third-order valence-electron chi connectivity index (χ3n) is 8.36. The van der Waals surface area contributed by atoms with Crippen molar-refractivity contribution >= 4 is 11.6 Å². The van der Waals surface area contributed by atoms with Crippen LogP contribution in [0, 0.1) is 27.7 Å². The van der Waals surface area contributed by atoms with Crippen molar-refractivity contribution in [1.82, 2.24) is 25.0 Å². The molecule has 1 saturated carbocycles. The molecule has 1 fully saturated rings. The quantitative estimate of drug-likeness (QED) is 0.442. The number of nitrogens with zero attached hydrogens (tertiary/aromatic N) is 4. The molecule has 0 unspecified atom stereocenters. The van der Waals surface area contributed by atoms with Crippen LogP contribution in [0.3, 0.4) is 0 Å². The van der Waals surface area contributed by atoms with Gasteiger partial charge in [-0.25, -0.2) is 0 Å². The number of benzene rings is 1. The van der Waals surface area contributed by atoms with Crippen LogP contribution in [0.25, 0.3) is 11.1 Å². The summed E-state index contributed by atoms with van der Waals surface area (Å²) in [6.45, 7) is 11.1. The highest BCUT2D eigenvalue weighted by atomic mass is 16.1. The Bertz CT molecular complexity index is 1390. The summed E-state index contributed by atoms with van der Waals surface area (Å²) >= 11 is 0. The first kappa shape index (κ1) is 28.6. The van der Waals surface area contributed by atoms with Crippen molar-refractivity contribution in [2.24, 2.45) is 7.05 Å². The summed E-state index contributed by atoms with van der Waals surface area (Å²) in [7, 11) is 6.26. The number of nitrogens with one attached hydrogen (secondary N) is 2. The van der Waals surface area contributed by atoms with Gasteiger partial charge in [-0.05, 0) is 109 Å². The zero-order valence-electron chi connectivity index (χ0n) is 24.8. The molecule has 2 heterocycles. The number of aromatic nitrogens is 3. The van der Waals surface area contributed by atoms with Crippen molar-refractivity contribution in [3.63, 3.8) is 0 Å². The molecular weight excluding hydrogens is 488 g/mol. The van der Waals surface area contributed by atoms with Crippen LogP contribution in [0.15, 0.2) is 29.2 Å². The number of aromatic amines is 1. The number of aryl methyl sites for hydroxylation is 4. The molecule has 8 nitrogen and oxygen atoms in total. The van der Waals surface area contributed by atoms with Crippen molar-refractivity contribution in [1.29, 1.82) is 0 Å². The molecule has 1 amide bonds. The Hall–Kier alpha value is -3.39. The van der Waals surface area contributed by atoms with Gasteiger partial charge in [0.05, 0.1) is 5.69 Å². The maximum Gasteiger partial charge on any atom is 0.253 e. The highest BCUT2D eigenvalue weighted by Crippen LogP contribution is 2.36. The maximum absolute atomic E-state index is 13.7. The molecule has 4 rings (SSSR count). The number of amides is 1. The Morgan fingerprint density at radius 1 is 1.08 bits per heavy atom. The molecule has 2 N–H and O–H groups in total. The standard InChI is InChI=1S/C31H44N6O2/c1-9-37(25-12-10-24(11-13-25)35(6)7)29-16-23(28-18-36(8)34-22(28)5)15-26(21(29)4)30(38)32-17-27-19(2)14-20(3)33-31(27)39/h14-16,18,24-25H,9-13,17H2,1-8H3,(H,32,38)(H,33,39). The van der Waals surface area contributed by atoms with Gasteiger partial charge in [-0.2, -0.15) is 5.10 Å². The predicted octanol–water partition coefficient (Wildman–Crippen LogP) is 4.64. The van der Waals surface area contributed by atoms with E-state index in [0.29, 0.717) is 23.2 Å². The minimum atomic E-state index is -0.177. The minimum Gasteiger partial charge on any atom is -0.369 e. The summed E-state index contributed by atoms with van der Waals surface area (Å²) in [5.74, 6) is -0.177. The molecule has 3 aromatic rings. The van der Waals surface area contributed by atoms with Gasteiger partial charge in [0, 0.05) is 66.5 Å². The monoisotopic (exact) mass is 532 g/mol. The fourth-order valence-corrected chi connectivity index (χ4v) is 6.15. The molecule has 1 aliphatic rings. The molecule has 0 saturated heterocycles. The topological polar surface area (TPSA) is 86.3 Å². The third-order valence-corrected chi connectivity index (χ3v) is 8.36. The van der Waals surface area contributed by atoms with Crippen molar-refractivity contribution in [2.75, 3.05) is 25.5 Å². The first-order valence-corrected chi connectivity index (χ1v) is 14.1. The maximum atomic E-state index is 13.7. The molecule has 0 radical (unpaired) electrons. The number of anilines is 1. The zero-order chi connectivity index (χ0) is 28.4. The number of pyridine rings is 1. The van der Waals surface area contributed by atoms with Crippen molar-refractivity contribution in [2.45, 2.75) is 78.9 Å². The predicted molar refractivity (Wildman–Crippen MR) is 159 cm³/mol. The van der Waals surface area contributed by atoms with Crippen molar-refractivity contribution < 1.29 is 4.79 Å². The lowest BCUT2D eigenvalue weighted by Gasteiger charge is -2.40. The van der Waals surface area contributed by atoms with E-state index >= 15 is 0 Å². The van der Waals surface area contributed by atoms with E-state index in [1.165, 1.54) is 12.8 Å². The Morgan fingerprint density at radius 2 is 1.74 bits per heavy atom. The summed E-state index contributed by atoms with van der Waals surface area (Å²) in [5.41, 5.74) is 7.73. The van der Waals surface area contributed by atoms with Crippen LogP contribution in [-0.4, -0.2) is 58.3 Å². The van der Waals surface area contributed by atoms with Gasteiger partial charge in [-0.3, -0.25) is 14.3 Å². The van der Waals surface area contributed by atoms with Crippen LogP contribution in [0.1, 0.15) is 71.0 Å². The zero-order valence-corrected chi connectivity index (χ0v) is 24.8. The van der Waals surface area contributed by atoms with Crippen LogP contribution in [0.2, 0.25) is 0 Å². The van der Waals surface area contributed by atoms with Crippen LogP contribution < -0.4 is 15.8 Å². The lowest BCUT2D eigenvalue weighted by molar-refractivity contribution is 0.0950. The number of carbonyl (C=O) groups is 1. The van der Waals surface area contributed by atoms with E-state index in [4.69, 9.17) is 0 Å². The van der Waals surface area contributed by atoms with Gasteiger partial charge >= 0.3 is 0 Å². The largest absolute Gasteiger partial charge is 0.369 e. The molecule has 0 bridgehead atoms. The SMILES string of the molecule is CCN(c1cc(-c2cn(C)nc2C)cc(C(=O)NCc2c(C)cc(C)[nH]c2=O)c1C)C1CCC(N(C)C)CC1. The highest BCUT2D eigenvalue weighted by Gasteiger charge is 2.28. The fraction of sp³-hybridized carbons (Fsp3) is 0.516. The molecule has 0 atom stereocenters. The lowest BCUT2D eigenvalue weighted by atomic mass is 9.88. The van der Waals surface area contributed by atoms with Gasteiger partial charge in [0.1, 0.15) is 0 Å². The molecule has 2 aromatic heterocycles. The van der Waals surface area contributed by atoms with Crippen molar-refractivity contribution in [3.8, 4) is 11.1 Å². The van der Waals surface area contributed by atoms with E-state index in [1.807, 2.05) is 57.8 Å².